The number of hydrogen-bond donors (Lipinski definition) is 0. The third-order valence-corrected chi connectivity index (χ3v) is 2.29. The molecule has 0 aliphatic rings. The summed E-state index contributed by atoms with van der Waals surface area (Å²) in [6, 6.07) is 20.6. The molecule has 2 heteroatoms. The SMILES string of the molecule is C(C=Cc1ccccc1)=Cc1ccccc1.[SiH3].[Ti]. The summed E-state index contributed by atoms with van der Waals surface area (Å²) in [6.45, 7) is 0. The summed E-state index contributed by atoms with van der Waals surface area (Å²) >= 11 is 0. The molecule has 2 aromatic carbocycles. The molecule has 0 aliphatic heterocycles. The number of benzene rings is 2. The van der Waals surface area contributed by atoms with Crippen LogP contribution in [0.5, 0.6) is 0 Å². The van der Waals surface area contributed by atoms with E-state index in [1.165, 1.54) is 11.1 Å². The van der Waals surface area contributed by atoms with Gasteiger partial charge in [-0.05, 0) is 22.1 Å². The number of hydrogen-bond acceptors (Lipinski definition) is 0. The van der Waals surface area contributed by atoms with Crippen LogP contribution in [-0.2, 0) is 21.7 Å². The molecule has 0 saturated carbocycles. The van der Waals surface area contributed by atoms with Crippen LogP contribution in [-0.4, -0.2) is 11.0 Å². The molecule has 0 saturated heterocycles. The van der Waals surface area contributed by atoms with Crippen molar-refractivity contribution in [3.63, 3.8) is 0 Å². The largest absolute Gasteiger partial charge is 0.0622 e. The topological polar surface area (TPSA) is 0 Å². The fraction of sp³-hybridized carbons (Fsp3) is 0. The van der Waals surface area contributed by atoms with Gasteiger partial charge in [0.1, 0.15) is 0 Å². The zero-order chi connectivity index (χ0) is 11.1. The van der Waals surface area contributed by atoms with Crippen molar-refractivity contribution in [1.29, 1.82) is 0 Å². The predicted molar refractivity (Wildman–Crippen MR) is 80.9 cm³/mol. The zero-order valence-electron chi connectivity index (χ0n) is 10.6. The molecular weight excluding hydrogens is 268 g/mol. The number of rotatable bonds is 3. The summed E-state index contributed by atoms with van der Waals surface area (Å²) < 4.78 is 0. The van der Waals surface area contributed by atoms with Crippen molar-refractivity contribution in [2.75, 3.05) is 0 Å². The van der Waals surface area contributed by atoms with Crippen molar-refractivity contribution in [2.45, 2.75) is 0 Å². The van der Waals surface area contributed by atoms with Gasteiger partial charge in [-0.3, -0.25) is 0 Å². The molecule has 2 aromatic rings. The molecule has 0 nitrogen and oxygen atoms in total. The Hall–Kier alpha value is -1.15. The van der Waals surface area contributed by atoms with Crippen LogP contribution in [0.15, 0.2) is 72.8 Å². The Morgan fingerprint density at radius 2 is 0.889 bits per heavy atom. The minimum Gasteiger partial charge on any atom is -0.0622 e. The zero-order valence-corrected chi connectivity index (χ0v) is 14.1. The van der Waals surface area contributed by atoms with Gasteiger partial charge in [0.2, 0.25) is 0 Å². The van der Waals surface area contributed by atoms with E-state index in [1.807, 2.05) is 36.4 Å². The second-order valence-corrected chi connectivity index (χ2v) is 3.54. The van der Waals surface area contributed by atoms with Crippen LogP contribution in [0.3, 0.4) is 0 Å². The van der Waals surface area contributed by atoms with Crippen LogP contribution in [0.4, 0.5) is 0 Å². The fourth-order valence-electron chi connectivity index (χ4n) is 1.46. The predicted octanol–water partition coefficient (Wildman–Crippen LogP) is 3.23. The van der Waals surface area contributed by atoms with Crippen LogP contribution in [0, 0.1) is 0 Å². The molecule has 18 heavy (non-hydrogen) atoms. The molecule has 0 unspecified atom stereocenters. The Bertz CT molecular complexity index is 427. The smallest absolute Gasteiger partial charge is 0 e. The molecule has 1 radical (unpaired) electrons. The molecule has 0 aromatic heterocycles. The van der Waals surface area contributed by atoms with Crippen molar-refractivity contribution < 1.29 is 21.7 Å². The van der Waals surface area contributed by atoms with E-state index in [0.717, 1.165) is 0 Å². The third kappa shape index (κ3) is 5.97. The number of allylic oxidation sites excluding steroid dienone is 2. The Kier molecular flexibility index (Phi) is 9.21. The maximum absolute atomic E-state index is 2.10. The molecule has 0 heterocycles. The van der Waals surface area contributed by atoms with Gasteiger partial charge in [0, 0.05) is 21.7 Å². The summed E-state index contributed by atoms with van der Waals surface area (Å²) in [5, 5.41) is 0. The molecule has 0 N–H and O–H groups in total. The van der Waals surface area contributed by atoms with Crippen molar-refractivity contribution in [1.82, 2.24) is 0 Å². The summed E-state index contributed by atoms with van der Waals surface area (Å²) in [7, 11) is 0. The average Bonchev–Trinajstić information content (AvgIpc) is 2.37. The van der Waals surface area contributed by atoms with E-state index < -0.39 is 0 Å². The van der Waals surface area contributed by atoms with E-state index in [2.05, 4.69) is 48.6 Å². The van der Waals surface area contributed by atoms with Gasteiger partial charge in [0.05, 0.1) is 0 Å². The van der Waals surface area contributed by atoms with Crippen molar-refractivity contribution in [3.05, 3.63) is 83.9 Å². The standard InChI is InChI=1S/C16H14.H3Si.Ti/c1-3-9-15(10-4-1)13-7-8-14-16-11-5-2-6-12-16;;/h1-14H;1H3;. The Labute approximate surface area is 128 Å². The molecule has 0 spiro atoms. The van der Waals surface area contributed by atoms with Gasteiger partial charge in [-0.15, -0.1) is 0 Å². The fourth-order valence-corrected chi connectivity index (χ4v) is 1.46. The monoisotopic (exact) mass is 285 g/mol. The van der Waals surface area contributed by atoms with Gasteiger partial charge in [-0.2, -0.15) is 0 Å². The Morgan fingerprint density at radius 1 is 0.556 bits per heavy atom. The molecule has 0 fully saturated rings. The Morgan fingerprint density at radius 3 is 1.22 bits per heavy atom. The van der Waals surface area contributed by atoms with E-state index in [-0.39, 0.29) is 32.7 Å². The van der Waals surface area contributed by atoms with Crippen molar-refractivity contribution >= 4 is 23.1 Å². The summed E-state index contributed by atoms with van der Waals surface area (Å²) in [5.74, 6) is 0. The summed E-state index contributed by atoms with van der Waals surface area (Å²) in [6.07, 6.45) is 8.31. The first-order valence-electron chi connectivity index (χ1n) is 5.40. The molecular formula is C16H17SiTi. The van der Waals surface area contributed by atoms with Crippen LogP contribution >= 0.6 is 0 Å². The first-order valence-corrected chi connectivity index (χ1v) is 5.40. The second-order valence-electron chi connectivity index (χ2n) is 3.54. The molecule has 0 atom stereocenters. The van der Waals surface area contributed by atoms with Gasteiger partial charge >= 0.3 is 0 Å². The molecule has 0 amide bonds. The van der Waals surface area contributed by atoms with Crippen LogP contribution in [0.1, 0.15) is 11.1 Å². The van der Waals surface area contributed by atoms with Gasteiger partial charge in [0.25, 0.3) is 0 Å². The van der Waals surface area contributed by atoms with Crippen LogP contribution < -0.4 is 0 Å². The second kappa shape index (κ2) is 9.84. The van der Waals surface area contributed by atoms with Gasteiger partial charge in [0.15, 0.2) is 0 Å². The van der Waals surface area contributed by atoms with E-state index in [0.29, 0.717) is 0 Å². The van der Waals surface area contributed by atoms with E-state index >= 15 is 0 Å². The average molecular weight is 285 g/mol. The first kappa shape index (κ1) is 16.9. The molecule has 2 rings (SSSR count). The van der Waals surface area contributed by atoms with E-state index in [9.17, 15) is 0 Å². The third-order valence-electron chi connectivity index (χ3n) is 2.29. The van der Waals surface area contributed by atoms with Gasteiger partial charge in [-0.25, -0.2) is 0 Å². The van der Waals surface area contributed by atoms with E-state index in [4.69, 9.17) is 0 Å². The van der Waals surface area contributed by atoms with Crippen LogP contribution in [0.2, 0.25) is 0 Å². The minimum absolute atomic E-state index is 0. The normalized spacial score (nSPS) is 10.0. The minimum atomic E-state index is 0. The van der Waals surface area contributed by atoms with Gasteiger partial charge in [-0.1, -0.05) is 85.0 Å². The Balaban J connectivity index is 0.00000144. The van der Waals surface area contributed by atoms with Crippen molar-refractivity contribution in [3.8, 4) is 0 Å². The molecule has 0 bridgehead atoms. The van der Waals surface area contributed by atoms with Crippen LogP contribution in [0.25, 0.3) is 12.2 Å². The maximum atomic E-state index is 2.10. The summed E-state index contributed by atoms with van der Waals surface area (Å²) in [4.78, 5) is 0. The molecule has 89 valence electrons. The quantitative estimate of drug-likeness (QED) is 0.600. The van der Waals surface area contributed by atoms with Crippen molar-refractivity contribution in [2.24, 2.45) is 0 Å². The molecule has 0 aliphatic carbocycles. The maximum Gasteiger partial charge on any atom is 0 e. The summed E-state index contributed by atoms with van der Waals surface area (Å²) in [5.41, 5.74) is 2.44. The van der Waals surface area contributed by atoms with Gasteiger partial charge < -0.3 is 0 Å². The first-order chi connectivity index (χ1) is 7.95. The van der Waals surface area contributed by atoms with E-state index in [1.54, 1.807) is 0 Å².